The van der Waals surface area contributed by atoms with Crippen molar-refractivity contribution in [3.05, 3.63) is 92.9 Å². The van der Waals surface area contributed by atoms with Gasteiger partial charge in [0.25, 0.3) is 10.0 Å². The van der Waals surface area contributed by atoms with Gasteiger partial charge in [-0.05, 0) is 60.5 Å². The largest absolute Gasteiger partial charge is 0.468 e. The Morgan fingerprint density at radius 1 is 1.09 bits per heavy atom. The number of rotatable bonds is 8. The molecule has 3 rings (SSSR count). The summed E-state index contributed by atoms with van der Waals surface area (Å²) < 4.78 is 34.3. The molecule has 1 unspecified atom stereocenters. The molecule has 0 bridgehead atoms. The molecule has 0 aliphatic carbocycles. The topological polar surface area (TPSA) is 84.5 Å². The van der Waals surface area contributed by atoms with Gasteiger partial charge in [-0.25, -0.2) is 8.42 Å². The van der Waals surface area contributed by atoms with Crippen molar-refractivity contribution in [1.82, 2.24) is 5.32 Å². The molecule has 0 saturated heterocycles. The van der Waals surface area contributed by atoms with Gasteiger partial charge in [0.05, 0.1) is 30.3 Å². The summed E-state index contributed by atoms with van der Waals surface area (Å²) in [4.78, 5) is 12.0. The molecule has 3 aromatic rings. The van der Waals surface area contributed by atoms with Crippen LogP contribution in [0.5, 0.6) is 0 Å². The fourth-order valence-corrected chi connectivity index (χ4v) is 4.80. The van der Waals surface area contributed by atoms with Crippen LogP contribution in [0.2, 0.25) is 5.02 Å². The zero-order chi connectivity index (χ0) is 23.3. The van der Waals surface area contributed by atoms with Gasteiger partial charge in [0.2, 0.25) is 0 Å². The number of nitrogens with one attached hydrogen (secondary N) is 2. The van der Waals surface area contributed by atoms with Gasteiger partial charge in [-0.1, -0.05) is 57.4 Å². The Morgan fingerprint density at radius 2 is 1.81 bits per heavy atom. The fourth-order valence-electron chi connectivity index (χ4n) is 3.14. The Morgan fingerprint density at radius 3 is 2.47 bits per heavy atom. The van der Waals surface area contributed by atoms with E-state index in [-0.39, 0.29) is 11.4 Å². The molecule has 0 spiro atoms. The van der Waals surface area contributed by atoms with Gasteiger partial charge in [-0.3, -0.25) is 14.8 Å². The van der Waals surface area contributed by atoms with Gasteiger partial charge in [-0.15, -0.1) is 0 Å². The molecule has 32 heavy (non-hydrogen) atoms. The number of esters is 1. The monoisotopic (exact) mass is 536 g/mol. The molecular formula is C23H22BrClN2O4S. The summed E-state index contributed by atoms with van der Waals surface area (Å²) in [7, 11) is -2.53. The number of carbonyl (C=O) groups excluding carboxylic acids is 1. The second-order valence-electron chi connectivity index (χ2n) is 7.10. The highest BCUT2D eigenvalue weighted by molar-refractivity contribution is 9.10. The Hall–Kier alpha value is -2.39. The normalized spacial score (nSPS) is 12.2. The van der Waals surface area contributed by atoms with E-state index in [0.29, 0.717) is 16.3 Å². The Balaban J connectivity index is 2.05. The molecule has 6 nitrogen and oxygen atoms in total. The van der Waals surface area contributed by atoms with E-state index in [9.17, 15) is 13.2 Å². The molecule has 0 radical (unpaired) electrons. The average Bonchev–Trinajstić information content (AvgIpc) is 2.75. The Kier molecular flexibility index (Phi) is 7.95. The maximum atomic E-state index is 13.0. The van der Waals surface area contributed by atoms with Crippen LogP contribution in [0, 0.1) is 6.92 Å². The highest BCUT2D eigenvalue weighted by Gasteiger charge is 2.23. The van der Waals surface area contributed by atoms with Crippen LogP contribution in [0.25, 0.3) is 0 Å². The van der Waals surface area contributed by atoms with Crippen molar-refractivity contribution < 1.29 is 17.9 Å². The van der Waals surface area contributed by atoms with E-state index in [1.54, 1.807) is 60.7 Å². The van der Waals surface area contributed by atoms with E-state index >= 15 is 0 Å². The number of halogens is 2. The standard InChI is InChI=1S/C23H22BrClN2O4S/c1-15-6-9-19(10-7-15)32(29,30)27-21-11-8-17(24)13-20(21)23(26-14-22(28)31-2)16-4-3-5-18(25)12-16/h3-13,23,26-27H,14H2,1-2H3. The predicted molar refractivity (Wildman–Crippen MR) is 129 cm³/mol. The minimum atomic E-state index is -3.84. The highest BCUT2D eigenvalue weighted by Crippen LogP contribution is 2.33. The van der Waals surface area contributed by atoms with E-state index in [4.69, 9.17) is 16.3 Å². The second-order valence-corrected chi connectivity index (χ2v) is 10.1. The Bertz CT molecular complexity index is 1220. The summed E-state index contributed by atoms with van der Waals surface area (Å²) in [6, 6.07) is 18.4. The van der Waals surface area contributed by atoms with Crippen LogP contribution in [0.4, 0.5) is 5.69 Å². The van der Waals surface area contributed by atoms with Crippen molar-refractivity contribution in [1.29, 1.82) is 0 Å². The zero-order valence-electron chi connectivity index (χ0n) is 17.4. The third kappa shape index (κ3) is 6.10. The number of sulfonamides is 1. The number of ether oxygens (including phenoxy) is 1. The molecular weight excluding hydrogens is 516 g/mol. The molecule has 0 aromatic heterocycles. The van der Waals surface area contributed by atoms with Crippen molar-refractivity contribution in [3.63, 3.8) is 0 Å². The van der Waals surface area contributed by atoms with Crippen LogP contribution < -0.4 is 10.0 Å². The number of hydrogen-bond donors (Lipinski definition) is 2. The highest BCUT2D eigenvalue weighted by atomic mass is 79.9. The lowest BCUT2D eigenvalue weighted by Gasteiger charge is -2.23. The summed E-state index contributed by atoms with van der Waals surface area (Å²) in [6.45, 7) is 1.81. The molecule has 0 amide bonds. The molecule has 0 heterocycles. The predicted octanol–water partition coefficient (Wildman–Crippen LogP) is 5.06. The molecule has 0 aliphatic heterocycles. The quantitative estimate of drug-likeness (QED) is 0.392. The number of carbonyl (C=O) groups is 1. The van der Waals surface area contributed by atoms with E-state index < -0.39 is 22.0 Å². The summed E-state index contributed by atoms with van der Waals surface area (Å²) in [6.07, 6.45) is 0. The zero-order valence-corrected chi connectivity index (χ0v) is 20.6. The maximum absolute atomic E-state index is 13.0. The van der Waals surface area contributed by atoms with E-state index in [1.807, 2.05) is 13.0 Å². The first-order valence-corrected chi connectivity index (χ1v) is 12.3. The van der Waals surface area contributed by atoms with E-state index in [0.717, 1.165) is 15.6 Å². The number of benzene rings is 3. The van der Waals surface area contributed by atoms with Crippen LogP contribution in [0.3, 0.4) is 0 Å². The lowest BCUT2D eigenvalue weighted by atomic mass is 9.97. The lowest BCUT2D eigenvalue weighted by Crippen LogP contribution is -2.30. The van der Waals surface area contributed by atoms with Crippen molar-refractivity contribution in [2.24, 2.45) is 0 Å². The average molecular weight is 538 g/mol. The molecule has 3 aromatic carbocycles. The minimum absolute atomic E-state index is 0.0790. The van der Waals surface area contributed by atoms with Gasteiger partial charge in [0, 0.05) is 9.50 Å². The first-order valence-electron chi connectivity index (χ1n) is 9.64. The van der Waals surface area contributed by atoms with Crippen LogP contribution in [0.1, 0.15) is 22.7 Å². The molecule has 9 heteroatoms. The number of hydrogen-bond acceptors (Lipinski definition) is 5. The molecule has 0 saturated carbocycles. The lowest BCUT2D eigenvalue weighted by molar-refractivity contribution is -0.139. The number of methoxy groups -OCH3 is 1. The van der Waals surface area contributed by atoms with Crippen LogP contribution in [0.15, 0.2) is 76.1 Å². The second kappa shape index (κ2) is 10.5. The van der Waals surface area contributed by atoms with Gasteiger partial charge in [0.1, 0.15) is 0 Å². The minimum Gasteiger partial charge on any atom is -0.468 e. The van der Waals surface area contributed by atoms with Crippen LogP contribution >= 0.6 is 27.5 Å². The van der Waals surface area contributed by atoms with Crippen LogP contribution in [-0.4, -0.2) is 28.0 Å². The summed E-state index contributed by atoms with van der Waals surface area (Å²) in [5, 5.41) is 3.66. The SMILES string of the molecule is COC(=O)CNC(c1cccc(Cl)c1)c1cc(Br)ccc1NS(=O)(=O)c1ccc(C)cc1. The number of anilines is 1. The first-order chi connectivity index (χ1) is 15.2. The smallest absolute Gasteiger partial charge is 0.319 e. The molecule has 168 valence electrons. The van der Waals surface area contributed by atoms with Gasteiger partial charge in [-0.2, -0.15) is 0 Å². The van der Waals surface area contributed by atoms with Gasteiger partial charge < -0.3 is 4.74 Å². The van der Waals surface area contributed by atoms with Crippen molar-refractivity contribution in [2.45, 2.75) is 17.9 Å². The van der Waals surface area contributed by atoms with Gasteiger partial charge in [0.15, 0.2) is 0 Å². The Labute approximate surface area is 201 Å². The molecule has 2 N–H and O–H groups in total. The third-order valence-corrected chi connectivity index (χ3v) is 6.87. The molecule has 1 atom stereocenters. The summed E-state index contributed by atoms with van der Waals surface area (Å²) in [5.74, 6) is -0.450. The van der Waals surface area contributed by atoms with Crippen molar-refractivity contribution in [2.75, 3.05) is 18.4 Å². The summed E-state index contributed by atoms with van der Waals surface area (Å²) in [5.41, 5.74) is 2.70. The van der Waals surface area contributed by atoms with E-state index in [1.165, 1.54) is 7.11 Å². The fraction of sp³-hybridized carbons (Fsp3) is 0.174. The van der Waals surface area contributed by atoms with E-state index in [2.05, 4.69) is 26.0 Å². The summed E-state index contributed by atoms with van der Waals surface area (Å²) >= 11 is 9.65. The van der Waals surface area contributed by atoms with Crippen molar-refractivity contribution in [3.8, 4) is 0 Å². The van der Waals surface area contributed by atoms with Crippen LogP contribution in [-0.2, 0) is 19.6 Å². The molecule has 0 fully saturated rings. The third-order valence-electron chi connectivity index (χ3n) is 4.76. The van der Waals surface area contributed by atoms with Crippen molar-refractivity contribution >= 4 is 49.2 Å². The van der Waals surface area contributed by atoms with Gasteiger partial charge >= 0.3 is 5.97 Å². The molecule has 0 aliphatic rings. The first kappa shape index (κ1) is 24.3. The number of aryl methyl sites for hydroxylation is 1. The maximum Gasteiger partial charge on any atom is 0.319 e.